The molecule has 0 unspecified atom stereocenters. The molecule has 0 bridgehead atoms. The van der Waals surface area contributed by atoms with E-state index in [0.717, 1.165) is 31.2 Å². The monoisotopic (exact) mass is 230 g/mol. The lowest BCUT2D eigenvalue weighted by Crippen LogP contribution is -2.28. The lowest BCUT2D eigenvalue weighted by molar-refractivity contribution is -0.385. The van der Waals surface area contributed by atoms with Crippen LogP contribution < -0.4 is 0 Å². The number of benzene rings is 1. The number of para-hydroxylation sites is 1. The molecule has 0 heterocycles. The third-order valence-electron chi connectivity index (χ3n) is 3.61. The number of nitro benzene ring substituents is 1. The summed E-state index contributed by atoms with van der Waals surface area (Å²) in [6.45, 7) is 0. The molecule has 1 aromatic rings. The van der Waals surface area contributed by atoms with Crippen molar-refractivity contribution >= 4 is 5.69 Å². The molecule has 17 heavy (non-hydrogen) atoms. The van der Waals surface area contributed by atoms with Gasteiger partial charge in [-0.05, 0) is 25.7 Å². The van der Waals surface area contributed by atoms with Crippen molar-refractivity contribution in [1.29, 1.82) is 5.26 Å². The minimum Gasteiger partial charge on any atom is -0.258 e. The summed E-state index contributed by atoms with van der Waals surface area (Å²) < 4.78 is 0. The first-order valence-corrected chi connectivity index (χ1v) is 5.80. The smallest absolute Gasteiger partial charge is 0.258 e. The highest BCUT2D eigenvalue weighted by atomic mass is 16.6. The molecule has 0 aliphatic heterocycles. The Labute approximate surface area is 100 Å². The molecule has 4 heteroatoms. The zero-order chi connectivity index (χ0) is 12.3. The fourth-order valence-corrected chi connectivity index (χ4v) is 2.30. The Morgan fingerprint density at radius 2 is 2.12 bits per heavy atom. The third-order valence-corrected chi connectivity index (χ3v) is 3.61. The van der Waals surface area contributed by atoms with E-state index in [1.165, 1.54) is 6.07 Å². The van der Waals surface area contributed by atoms with Crippen LogP contribution in [-0.2, 0) is 6.42 Å². The van der Waals surface area contributed by atoms with Crippen LogP contribution in [-0.4, -0.2) is 4.92 Å². The number of hydrogen-bond donors (Lipinski definition) is 0. The van der Waals surface area contributed by atoms with Gasteiger partial charge in [0.25, 0.3) is 5.69 Å². The quantitative estimate of drug-likeness (QED) is 0.589. The van der Waals surface area contributed by atoms with E-state index >= 15 is 0 Å². The molecule has 0 saturated heterocycles. The van der Waals surface area contributed by atoms with Crippen molar-refractivity contribution in [2.75, 3.05) is 0 Å². The minimum absolute atomic E-state index is 0.167. The van der Waals surface area contributed by atoms with Gasteiger partial charge in [0.05, 0.1) is 16.4 Å². The van der Waals surface area contributed by atoms with Crippen LogP contribution in [0.25, 0.3) is 0 Å². The molecule has 1 fully saturated rings. The van der Waals surface area contributed by atoms with Crippen LogP contribution in [0.3, 0.4) is 0 Å². The van der Waals surface area contributed by atoms with Crippen molar-refractivity contribution in [1.82, 2.24) is 0 Å². The van der Waals surface area contributed by atoms with E-state index in [1.807, 2.05) is 6.07 Å². The van der Waals surface area contributed by atoms with Crippen LogP contribution in [0, 0.1) is 26.9 Å². The first-order chi connectivity index (χ1) is 8.17. The zero-order valence-electron chi connectivity index (χ0n) is 9.56. The standard InChI is InChI=1S/C13H14N2O2/c14-10-13(7-3-8-13)9-6-11-4-1-2-5-12(11)15(16)17/h1-2,4-5H,3,6-9H2. The van der Waals surface area contributed by atoms with Gasteiger partial charge in [-0.2, -0.15) is 5.26 Å². The average molecular weight is 230 g/mol. The SMILES string of the molecule is N#CC1(CCc2ccccc2[N+](=O)[O-])CCC1. The summed E-state index contributed by atoms with van der Waals surface area (Å²) in [6, 6.07) is 9.15. The van der Waals surface area contributed by atoms with Gasteiger partial charge in [0, 0.05) is 11.6 Å². The Hall–Kier alpha value is -1.89. The largest absolute Gasteiger partial charge is 0.272 e. The molecule has 0 radical (unpaired) electrons. The molecule has 2 rings (SSSR count). The van der Waals surface area contributed by atoms with E-state index in [0.29, 0.717) is 6.42 Å². The predicted molar refractivity (Wildman–Crippen MR) is 63.3 cm³/mol. The van der Waals surface area contributed by atoms with Crippen molar-refractivity contribution in [3.05, 3.63) is 39.9 Å². The summed E-state index contributed by atoms with van der Waals surface area (Å²) in [6.07, 6.45) is 4.32. The summed E-state index contributed by atoms with van der Waals surface area (Å²) in [4.78, 5) is 10.5. The molecule has 1 aliphatic rings. The van der Waals surface area contributed by atoms with Crippen molar-refractivity contribution in [2.45, 2.75) is 32.1 Å². The molecule has 0 aromatic heterocycles. The molecule has 1 aromatic carbocycles. The Balaban J connectivity index is 2.09. The fourth-order valence-electron chi connectivity index (χ4n) is 2.30. The molecule has 0 amide bonds. The zero-order valence-corrected chi connectivity index (χ0v) is 9.56. The van der Waals surface area contributed by atoms with Gasteiger partial charge >= 0.3 is 0 Å². The fraction of sp³-hybridized carbons (Fsp3) is 0.462. The van der Waals surface area contributed by atoms with Crippen LogP contribution in [0.2, 0.25) is 0 Å². The van der Waals surface area contributed by atoms with E-state index in [1.54, 1.807) is 12.1 Å². The molecular weight excluding hydrogens is 216 g/mol. The van der Waals surface area contributed by atoms with Crippen LogP contribution in [0.4, 0.5) is 5.69 Å². The van der Waals surface area contributed by atoms with E-state index in [9.17, 15) is 10.1 Å². The average Bonchev–Trinajstić information content (AvgIpc) is 2.28. The summed E-state index contributed by atoms with van der Waals surface area (Å²) in [5.41, 5.74) is 0.683. The van der Waals surface area contributed by atoms with Gasteiger partial charge in [0.1, 0.15) is 0 Å². The summed E-state index contributed by atoms with van der Waals surface area (Å²) in [5.74, 6) is 0. The normalized spacial score (nSPS) is 16.9. The topological polar surface area (TPSA) is 66.9 Å². The second kappa shape index (κ2) is 4.54. The van der Waals surface area contributed by atoms with Gasteiger partial charge in [0.2, 0.25) is 0 Å². The first kappa shape index (κ1) is 11.6. The summed E-state index contributed by atoms with van der Waals surface area (Å²) >= 11 is 0. The lowest BCUT2D eigenvalue weighted by Gasteiger charge is -2.35. The number of nitro groups is 1. The van der Waals surface area contributed by atoms with Gasteiger partial charge < -0.3 is 0 Å². The Morgan fingerprint density at radius 1 is 1.41 bits per heavy atom. The van der Waals surface area contributed by atoms with E-state index in [4.69, 9.17) is 5.26 Å². The predicted octanol–water partition coefficient (Wildman–Crippen LogP) is 3.22. The second-order valence-electron chi connectivity index (χ2n) is 4.63. The van der Waals surface area contributed by atoms with Gasteiger partial charge in [-0.3, -0.25) is 10.1 Å². The van der Waals surface area contributed by atoms with E-state index in [2.05, 4.69) is 6.07 Å². The van der Waals surface area contributed by atoms with E-state index < -0.39 is 0 Å². The maximum absolute atomic E-state index is 10.8. The number of aryl methyl sites for hydroxylation is 1. The van der Waals surface area contributed by atoms with Gasteiger partial charge in [-0.15, -0.1) is 0 Å². The molecular formula is C13H14N2O2. The summed E-state index contributed by atoms with van der Waals surface area (Å²) in [7, 11) is 0. The molecule has 4 nitrogen and oxygen atoms in total. The highest BCUT2D eigenvalue weighted by Gasteiger charge is 2.36. The molecule has 88 valence electrons. The molecule has 1 aliphatic carbocycles. The number of nitriles is 1. The minimum atomic E-state index is -0.352. The maximum atomic E-state index is 10.8. The highest BCUT2D eigenvalue weighted by molar-refractivity contribution is 5.40. The Kier molecular flexibility index (Phi) is 3.10. The molecule has 0 atom stereocenters. The van der Waals surface area contributed by atoms with Gasteiger partial charge in [0.15, 0.2) is 0 Å². The number of rotatable bonds is 4. The third kappa shape index (κ3) is 2.28. The van der Waals surface area contributed by atoms with Crippen molar-refractivity contribution in [3.8, 4) is 6.07 Å². The van der Waals surface area contributed by atoms with Crippen LogP contribution in [0.15, 0.2) is 24.3 Å². The van der Waals surface area contributed by atoms with Gasteiger partial charge in [-0.25, -0.2) is 0 Å². The van der Waals surface area contributed by atoms with E-state index in [-0.39, 0.29) is 16.0 Å². The molecule has 0 spiro atoms. The summed E-state index contributed by atoms with van der Waals surface area (Å²) in [5, 5.41) is 19.9. The van der Waals surface area contributed by atoms with Crippen molar-refractivity contribution < 1.29 is 4.92 Å². The van der Waals surface area contributed by atoms with Crippen molar-refractivity contribution in [3.63, 3.8) is 0 Å². The van der Waals surface area contributed by atoms with Crippen LogP contribution in [0.1, 0.15) is 31.2 Å². The molecule has 1 saturated carbocycles. The van der Waals surface area contributed by atoms with Crippen LogP contribution >= 0.6 is 0 Å². The number of nitrogens with zero attached hydrogens (tertiary/aromatic N) is 2. The first-order valence-electron chi connectivity index (χ1n) is 5.80. The second-order valence-corrected chi connectivity index (χ2v) is 4.63. The number of hydrogen-bond acceptors (Lipinski definition) is 3. The lowest BCUT2D eigenvalue weighted by atomic mass is 9.67. The Morgan fingerprint density at radius 3 is 2.65 bits per heavy atom. The van der Waals surface area contributed by atoms with Crippen molar-refractivity contribution in [2.24, 2.45) is 5.41 Å². The highest BCUT2D eigenvalue weighted by Crippen LogP contribution is 2.44. The van der Waals surface area contributed by atoms with Gasteiger partial charge in [-0.1, -0.05) is 24.6 Å². The Bertz CT molecular complexity index is 473. The maximum Gasteiger partial charge on any atom is 0.272 e. The van der Waals surface area contributed by atoms with Crippen LogP contribution in [0.5, 0.6) is 0 Å². The molecule has 0 N–H and O–H groups in total.